The fraction of sp³-hybridized carbons (Fsp3) is 0.435. The minimum absolute atomic E-state index is 0.0664. The Morgan fingerprint density at radius 1 is 0.803 bits per heavy atom. The molecular weight excluding hydrogens is 775 g/mol. The molecule has 324 valence electrons. The second-order valence-corrected chi connectivity index (χ2v) is 14.8. The van der Waals surface area contributed by atoms with E-state index >= 15 is 0 Å². The molecule has 4 aromatic rings. The number of anilines is 2. The van der Waals surface area contributed by atoms with Gasteiger partial charge in [-0.05, 0) is 105 Å². The summed E-state index contributed by atoms with van der Waals surface area (Å²) in [6.45, 7) is 10.5. The number of hydrogen-bond donors (Lipinski definition) is 2. The lowest BCUT2D eigenvalue weighted by atomic mass is 9.87. The van der Waals surface area contributed by atoms with Crippen molar-refractivity contribution < 1.29 is 28.6 Å². The highest BCUT2D eigenvalue weighted by atomic mass is 16.5. The van der Waals surface area contributed by atoms with E-state index in [1.807, 2.05) is 37.4 Å². The van der Waals surface area contributed by atoms with E-state index in [1.54, 1.807) is 54.5 Å². The van der Waals surface area contributed by atoms with Crippen molar-refractivity contribution >= 4 is 29.1 Å². The first kappa shape index (κ1) is 46.2. The Morgan fingerprint density at radius 2 is 1.52 bits per heavy atom. The monoisotopic (exact) mass is 833 g/mol. The Kier molecular flexibility index (Phi) is 18.5. The van der Waals surface area contributed by atoms with Gasteiger partial charge in [0.15, 0.2) is 0 Å². The van der Waals surface area contributed by atoms with Gasteiger partial charge < -0.3 is 39.5 Å². The molecule has 0 unspecified atom stereocenters. The normalized spacial score (nSPS) is 13.2. The Morgan fingerprint density at radius 3 is 2.30 bits per heavy atom. The molecule has 1 aromatic heterocycles. The zero-order valence-electron chi connectivity index (χ0n) is 35.8. The lowest BCUT2D eigenvalue weighted by Crippen LogP contribution is -2.36. The highest BCUT2D eigenvalue weighted by Crippen LogP contribution is 2.33. The van der Waals surface area contributed by atoms with E-state index in [0.29, 0.717) is 99.5 Å². The third-order valence-electron chi connectivity index (χ3n) is 10.6. The third-order valence-corrected chi connectivity index (χ3v) is 10.6. The molecule has 0 saturated carbocycles. The van der Waals surface area contributed by atoms with Crippen LogP contribution in [-0.4, -0.2) is 126 Å². The number of carbonyl (C=O) groups is 3. The van der Waals surface area contributed by atoms with Crippen molar-refractivity contribution in [2.45, 2.75) is 39.2 Å². The number of fused-ring (bicyclic) bond motifs is 1. The average Bonchev–Trinajstić information content (AvgIpc) is 3.29. The number of hydrogen-bond acceptors (Lipinski definition) is 10. The van der Waals surface area contributed by atoms with Gasteiger partial charge in [-0.3, -0.25) is 19.4 Å². The number of aryl methyl sites for hydroxylation is 1. The highest BCUT2D eigenvalue weighted by molar-refractivity contribution is 6.08. The number of ether oxygens (including phenoxy) is 3. The van der Waals surface area contributed by atoms with Crippen molar-refractivity contribution in [1.29, 1.82) is 0 Å². The lowest BCUT2D eigenvalue weighted by molar-refractivity contribution is 0.0127. The largest absolute Gasteiger partial charge is 0.379 e. The fourth-order valence-corrected chi connectivity index (χ4v) is 7.16. The Bertz CT molecular complexity index is 2110. The first-order valence-electron chi connectivity index (χ1n) is 21.1. The number of benzene rings is 3. The summed E-state index contributed by atoms with van der Waals surface area (Å²) in [7, 11) is 3.72. The number of amides is 3. The Labute approximate surface area is 359 Å². The zero-order chi connectivity index (χ0) is 43.4. The molecule has 0 saturated heterocycles. The van der Waals surface area contributed by atoms with Crippen LogP contribution in [0.2, 0.25) is 0 Å². The van der Waals surface area contributed by atoms with E-state index < -0.39 is 0 Å². The molecular formula is C46H59N9O6. The number of nitrogens with one attached hydrogen (secondary N) is 2. The summed E-state index contributed by atoms with van der Waals surface area (Å²) < 4.78 is 16.4. The summed E-state index contributed by atoms with van der Waals surface area (Å²) in [5.41, 5.74) is 14.6. The number of azide groups is 1. The smallest absolute Gasteiger partial charge is 0.255 e. The second-order valence-electron chi connectivity index (χ2n) is 14.8. The average molecular weight is 834 g/mol. The van der Waals surface area contributed by atoms with Crippen molar-refractivity contribution in [3.63, 3.8) is 0 Å². The Hall–Kier alpha value is -5.83. The van der Waals surface area contributed by atoms with E-state index in [1.165, 1.54) is 5.56 Å². The van der Waals surface area contributed by atoms with Crippen molar-refractivity contribution in [1.82, 2.24) is 20.1 Å². The van der Waals surface area contributed by atoms with Gasteiger partial charge in [0.25, 0.3) is 17.7 Å². The van der Waals surface area contributed by atoms with Gasteiger partial charge in [-0.25, -0.2) is 0 Å². The SMILES string of the molecule is CCN(CC)c1ccc(NC(=O)c2cccc(C(=O)N(C)CCN(C)CCOCCOCCOCCN=[N+]=[N-])c2)c(-c2cc(C(=O)N[C@H]3CCCc4ccccc43)ccn2)c1. The van der Waals surface area contributed by atoms with Crippen LogP contribution in [0, 0.1) is 0 Å². The van der Waals surface area contributed by atoms with Crippen molar-refractivity contribution in [2.75, 3.05) is 103 Å². The van der Waals surface area contributed by atoms with Gasteiger partial charge in [0.2, 0.25) is 0 Å². The van der Waals surface area contributed by atoms with Gasteiger partial charge in [-0.2, -0.15) is 0 Å². The van der Waals surface area contributed by atoms with Gasteiger partial charge in [-0.15, -0.1) is 0 Å². The van der Waals surface area contributed by atoms with Crippen LogP contribution in [0.4, 0.5) is 11.4 Å². The molecule has 61 heavy (non-hydrogen) atoms. The summed E-state index contributed by atoms with van der Waals surface area (Å²) in [6.07, 6.45) is 4.52. The molecule has 1 atom stereocenters. The van der Waals surface area contributed by atoms with Crippen molar-refractivity contribution in [2.24, 2.45) is 5.11 Å². The van der Waals surface area contributed by atoms with Crippen LogP contribution in [-0.2, 0) is 20.6 Å². The molecule has 0 fully saturated rings. The molecule has 15 nitrogen and oxygen atoms in total. The maximum atomic E-state index is 13.9. The predicted octanol–water partition coefficient (Wildman–Crippen LogP) is 7.02. The number of aromatic nitrogens is 1. The number of carbonyl (C=O) groups excluding carboxylic acids is 3. The molecule has 0 radical (unpaired) electrons. The van der Waals surface area contributed by atoms with Gasteiger partial charge in [0.1, 0.15) is 0 Å². The first-order chi connectivity index (χ1) is 29.7. The van der Waals surface area contributed by atoms with Gasteiger partial charge in [-0.1, -0.05) is 35.4 Å². The minimum atomic E-state index is -0.375. The van der Waals surface area contributed by atoms with Crippen LogP contribution in [0.5, 0.6) is 0 Å². The molecule has 0 bridgehead atoms. The summed E-state index contributed by atoms with van der Waals surface area (Å²) in [5.74, 6) is -0.751. The van der Waals surface area contributed by atoms with Gasteiger partial charge in [0.05, 0.1) is 57.1 Å². The highest BCUT2D eigenvalue weighted by Gasteiger charge is 2.23. The van der Waals surface area contributed by atoms with Gasteiger partial charge in [0, 0.05) is 85.4 Å². The van der Waals surface area contributed by atoms with Crippen LogP contribution in [0.3, 0.4) is 0 Å². The zero-order valence-corrected chi connectivity index (χ0v) is 35.8. The van der Waals surface area contributed by atoms with Crippen molar-refractivity contribution in [3.8, 4) is 11.3 Å². The first-order valence-corrected chi connectivity index (χ1v) is 21.1. The van der Waals surface area contributed by atoms with E-state index in [-0.39, 0.29) is 23.8 Å². The molecule has 0 spiro atoms. The molecule has 1 aliphatic carbocycles. The second kappa shape index (κ2) is 24.4. The summed E-state index contributed by atoms with van der Waals surface area (Å²) >= 11 is 0. The van der Waals surface area contributed by atoms with Crippen LogP contribution >= 0.6 is 0 Å². The number of likely N-dealkylation sites (N-methyl/N-ethyl adjacent to an activating group) is 2. The molecule has 1 aliphatic rings. The predicted molar refractivity (Wildman–Crippen MR) is 238 cm³/mol. The summed E-state index contributed by atoms with van der Waals surface area (Å²) in [6, 6.07) is 24.2. The fourth-order valence-electron chi connectivity index (χ4n) is 7.16. The maximum Gasteiger partial charge on any atom is 0.255 e. The topological polar surface area (TPSA) is 174 Å². The summed E-state index contributed by atoms with van der Waals surface area (Å²) in [5, 5.41) is 9.72. The van der Waals surface area contributed by atoms with Crippen LogP contribution in [0.1, 0.15) is 74.9 Å². The number of nitrogens with zero attached hydrogens (tertiary/aromatic N) is 7. The van der Waals surface area contributed by atoms with Crippen LogP contribution in [0.25, 0.3) is 21.7 Å². The van der Waals surface area contributed by atoms with E-state index in [2.05, 4.69) is 61.4 Å². The molecule has 15 heteroatoms. The van der Waals surface area contributed by atoms with E-state index in [9.17, 15) is 14.4 Å². The quantitative estimate of drug-likeness (QED) is 0.0326. The Balaban J connectivity index is 1.18. The van der Waals surface area contributed by atoms with E-state index in [0.717, 1.165) is 43.6 Å². The lowest BCUT2D eigenvalue weighted by Gasteiger charge is -2.26. The summed E-state index contributed by atoms with van der Waals surface area (Å²) in [4.78, 5) is 54.3. The molecule has 2 N–H and O–H groups in total. The maximum absolute atomic E-state index is 13.9. The minimum Gasteiger partial charge on any atom is -0.379 e. The van der Waals surface area contributed by atoms with Crippen molar-refractivity contribution in [3.05, 3.63) is 123 Å². The third kappa shape index (κ3) is 13.9. The molecule has 1 heterocycles. The number of rotatable bonds is 24. The van der Waals surface area contributed by atoms with Crippen LogP contribution in [0.15, 0.2) is 90.2 Å². The standard InChI is InChI=1S/C46H59N9O6/c1-5-55(6-2)38-17-18-42(40(33-38)43-32-36(19-20-48-43)45(57)50-41-16-10-12-34-11-7-8-15-39(34)41)51-44(56)35-13-9-14-37(31-35)46(58)54(4)23-22-53(3)24-26-60-28-30-61-29-27-59-25-21-49-52-47/h7-9,11,13-15,17-20,31-33,41H,5-6,10,12,16,21-30H2,1-4H3,(H,50,57)(H,51,56)/t41-/m0/s1. The molecule has 3 aromatic carbocycles. The number of pyridine rings is 1. The molecule has 0 aliphatic heterocycles. The molecule has 3 amide bonds. The van der Waals surface area contributed by atoms with Gasteiger partial charge >= 0.3 is 0 Å². The molecule has 5 rings (SSSR count). The van der Waals surface area contributed by atoms with Crippen LogP contribution < -0.4 is 15.5 Å². The van der Waals surface area contributed by atoms with E-state index in [4.69, 9.17) is 19.7 Å².